The smallest absolute Gasteiger partial charge is 0.257 e. The van der Waals surface area contributed by atoms with Crippen LogP contribution in [0.25, 0.3) is 0 Å². The molecule has 0 unspecified atom stereocenters. The molecule has 1 aliphatic carbocycles. The van der Waals surface area contributed by atoms with Gasteiger partial charge in [0.25, 0.3) is 5.56 Å². The summed E-state index contributed by atoms with van der Waals surface area (Å²) in [5.74, 6) is 0.733. The molecule has 3 heterocycles. The highest BCUT2D eigenvalue weighted by Crippen LogP contribution is 2.68. The summed E-state index contributed by atoms with van der Waals surface area (Å²) in [6.45, 7) is 6.41. The molecule has 6 heteroatoms. The van der Waals surface area contributed by atoms with Crippen LogP contribution in [0.5, 0.6) is 11.5 Å². The van der Waals surface area contributed by atoms with Crippen LogP contribution in [0.2, 0.25) is 0 Å². The fourth-order valence-corrected chi connectivity index (χ4v) is 6.96. The van der Waals surface area contributed by atoms with Crippen molar-refractivity contribution in [3.05, 3.63) is 121 Å². The molecule has 0 radical (unpaired) electrons. The molecule has 7 rings (SSSR count). The quantitative estimate of drug-likeness (QED) is 0.431. The molecule has 0 bridgehead atoms. The predicted molar refractivity (Wildman–Crippen MR) is 139 cm³/mol. The average Bonchev–Trinajstić information content (AvgIpc) is 3.50. The number of rotatable bonds is 2. The van der Waals surface area contributed by atoms with Crippen LogP contribution in [0.4, 0.5) is 0 Å². The summed E-state index contributed by atoms with van der Waals surface area (Å²) in [6.07, 6.45) is 1.54. The Hall–Kier alpha value is -3.90. The summed E-state index contributed by atoms with van der Waals surface area (Å²) in [5, 5.41) is 24.0. The highest BCUT2D eigenvalue weighted by atomic mass is 16.5. The number of phenols is 1. The molecule has 3 aromatic carbocycles. The third kappa shape index (κ3) is 2.63. The molecule has 37 heavy (non-hydrogen) atoms. The number of phenolic OH excluding ortho intramolecular Hbond substituents is 1. The van der Waals surface area contributed by atoms with Gasteiger partial charge in [0.05, 0.1) is 17.2 Å². The van der Waals surface area contributed by atoms with Crippen molar-refractivity contribution in [3.8, 4) is 11.5 Å². The number of benzene rings is 3. The van der Waals surface area contributed by atoms with Gasteiger partial charge in [-0.2, -0.15) is 0 Å². The number of nitrogens with zero attached hydrogens (tertiary/aromatic N) is 2. The maximum absolute atomic E-state index is 14.2. The summed E-state index contributed by atoms with van der Waals surface area (Å²) in [7, 11) is 0. The molecule has 0 fully saturated rings. The van der Waals surface area contributed by atoms with Gasteiger partial charge in [-0.1, -0.05) is 48.5 Å². The van der Waals surface area contributed by atoms with E-state index in [1.807, 2.05) is 75.4 Å². The van der Waals surface area contributed by atoms with Gasteiger partial charge in [-0.3, -0.25) is 9.36 Å². The van der Waals surface area contributed by atoms with E-state index in [2.05, 4.69) is 0 Å². The van der Waals surface area contributed by atoms with E-state index in [9.17, 15) is 15.0 Å². The number of aromatic hydroxyl groups is 1. The maximum Gasteiger partial charge on any atom is 0.257 e. The van der Waals surface area contributed by atoms with E-state index in [0.717, 1.165) is 28.7 Å². The molecule has 2 N–H and O–H groups in total. The minimum atomic E-state index is -1.74. The zero-order valence-corrected chi connectivity index (χ0v) is 21.1. The molecule has 4 aromatic rings. The van der Waals surface area contributed by atoms with E-state index in [4.69, 9.17) is 9.72 Å². The lowest BCUT2D eigenvalue weighted by atomic mass is 9.69. The zero-order chi connectivity index (χ0) is 25.7. The minimum absolute atomic E-state index is 0.108. The van der Waals surface area contributed by atoms with Crippen molar-refractivity contribution in [1.29, 1.82) is 0 Å². The fraction of sp³-hybridized carbons (Fsp3) is 0.290. The predicted octanol–water partition coefficient (Wildman–Crippen LogP) is 4.49. The maximum atomic E-state index is 14.2. The summed E-state index contributed by atoms with van der Waals surface area (Å²) >= 11 is 0. The van der Waals surface area contributed by atoms with Crippen molar-refractivity contribution in [2.45, 2.75) is 57.3 Å². The van der Waals surface area contributed by atoms with E-state index < -0.39 is 17.1 Å². The normalized spacial score (nSPS) is 24.8. The third-order valence-electron chi connectivity index (χ3n) is 8.49. The van der Waals surface area contributed by atoms with Crippen LogP contribution in [-0.2, 0) is 24.2 Å². The van der Waals surface area contributed by atoms with E-state index >= 15 is 0 Å². The summed E-state index contributed by atoms with van der Waals surface area (Å²) in [5.41, 5.74) is 2.21. The lowest BCUT2D eigenvalue weighted by molar-refractivity contribution is -0.0907. The largest absolute Gasteiger partial charge is 0.508 e. The van der Waals surface area contributed by atoms with Crippen molar-refractivity contribution in [3.63, 3.8) is 0 Å². The fourth-order valence-electron chi connectivity index (χ4n) is 6.96. The van der Waals surface area contributed by atoms with Crippen molar-refractivity contribution in [2.75, 3.05) is 0 Å². The van der Waals surface area contributed by atoms with Gasteiger partial charge >= 0.3 is 0 Å². The molecule has 0 spiro atoms. The number of ether oxygens (including phenoxy) is 1. The van der Waals surface area contributed by atoms with Gasteiger partial charge in [0.15, 0.2) is 11.2 Å². The Morgan fingerprint density at radius 2 is 1.81 bits per heavy atom. The third-order valence-corrected chi connectivity index (χ3v) is 8.49. The lowest BCUT2D eigenvalue weighted by Gasteiger charge is -2.40. The second-order valence-corrected chi connectivity index (χ2v) is 10.7. The highest BCUT2D eigenvalue weighted by molar-refractivity contribution is 5.66. The number of aliphatic hydroxyl groups is 1. The molecule has 0 amide bonds. The number of aryl methyl sites for hydroxylation is 4. The van der Waals surface area contributed by atoms with Gasteiger partial charge in [0.2, 0.25) is 0 Å². The topological polar surface area (TPSA) is 84.6 Å². The Balaban J connectivity index is 1.68. The summed E-state index contributed by atoms with van der Waals surface area (Å²) < 4.78 is 8.70. The van der Waals surface area contributed by atoms with Gasteiger partial charge in [0.1, 0.15) is 17.3 Å². The number of hydrogen-bond acceptors (Lipinski definition) is 5. The molecule has 2 aliphatic heterocycles. The molecule has 3 aliphatic rings. The molecule has 0 saturated carbocycles. The Labute approximate surface area is 214 Å². The molecule has 6 nitrogen and oxygen atoms in total. The lowest BCUT2D eigenvalue weighted by Crippen LogP contribution is -2.49. The Bertz CT molecular complexity index is 1680. The van der Waals surface area contributed by atoms with Crippen LogP contribution in [-0.4, -0.2) is 19.8 Å². The Kier molecular flexibility index (Phi) is 4.42. The van der Waals surface area contributed by atoms with Gasteiger partial charge in [0, 0.05) is 24.1 Å². The SMILES string of the molecule is Cc1cc(C)c2c(c1)O[C@@]1(c3ccc(C)c(O)c3)[C@H](c3ccccc3)c3c(nc4n(c3=O)CCC4)[C@@]21O. The monoisotopic (exact) mass is 492 g/mol. The average molecular weight is 493 g/mol. The molecular formula is C31H28N2O4. The number of fused-ring (bicyclic) bond motifs is 6. The van der Waals surface area contributed by atoms with Crippen LogP contribution < -0.4 is 10.3 Å². The number of aromatic nitrogens is 2. The standard InChI is InChI=1S/C31H28N2O4/c1-17-14-19(3)26-23(15-17)37-31(21-12-11-18(2)22(34)16-21)27(20-8-5-4-6-9-20)25-28(30(26,31)36)32-24-10-7-13-33(24)29(25)35/h4-6,8-9,11-12,14-16,27,34,36H,7,10,13H2,1-3H3/t27-,30+,31+/m1/s1. The van der Waals surface area contributed by atoms with E-state index in [1.165, 1.54) is 0 Å². The van der Waals surface area contributed by atoms with Gasteiger partial charge in [-0.25, -0.2) is 4.98 Å². The summed E-state index contributed by atoms with van der Waals surface area (Å²) in [4.78, 5) is 19.2. The highest BCUT2D eigenvalue weighted by Gasteiger charge is 2.73. The van der Waals surface area contributed by atoms with Gasteiger partial charge < -0.3 is 14.9 Å². The van der Waals surface area contributed by atoms with E-state index in [0.29, 0.717) is 46.9 Å². The Morgan fingerprint density at radius 1 is 1.03 bits per heavy atom. The van der Waals surface area contributed by atoms with Crippen molar-refractivity contribution in [2.24, 2.45) is 0 Å². The minimum Gasteiger partial charge on any atom is -0.508 e. The first-order valence-corrected chi connectivity index (χ1v) is 12.8. The van der Waals surface area contributed by atoms with Crippen LogP contribution in [0.3, 0.4) is 0 Å². The summed E-state index contributed by atoms with van der Waals surface area (Å²) in [6, 6.07) is 19.1. The molecule has 186 valence electrons. The first-order valence-electron chi connectivity index (χ1n) is 12.8. The first-order chi connectivity index (χ1) is 17.8. The van der Waals surface area contributed by atoms with Crippen molar-refractivity contribution >= 4 is 0 Å². The molecular weight excluding hydrogens is 464 g/mol. The van der Waals surface area contributed by atoms with E-state index in [1.54, 1.807) is 10.6 Å². The first kappa shape index (κ1) is 22.3. The second-order valence-electron chi connectivity index (χ2n) is 10.7. The Morgan fingerprint density at radius 3 is 2.57 bits per heavy atom. The second kappa shape index (κ2) is 7.33. The van der Waals surface area contributed by atoms with Crippen LogP contribution in [0.1, 0.15) is 62.8 Å². The zero-order valence-electron chi connectivity index (χ0n) is 21.1. The molecule has 1 aromatic heterocycles. The van der Waals surface area contributed by atoms with Crippen molar-refractivity contribution in [1.82, 2.24) is 9.55 Å². The van der Waals surface area contributed by atoms with Crippen LogP contribution in [0.15, 0.2) is 65.5 Å². The van der Waals surface area contributed by atoms with Crippen LogP contribution in [0, 0.1) is 20.8 Å². The van der Waals surface area contributed by atoms with Crippen molar-refractivity contribution < 1.29 is 14.9 Å². The molecule has 0 saturated heterocycles. The van der Waals surface area contributed by atoms with Gasteiger partial charge in [-0.15, -0.1) is 0 Å². The van der Waals surface area contributed by atoms with Gasteiger partial charge in [-0.05, 0) is 61.6 Å². The van der Waals surface area contributed by atoms with E-state index in [-0.39, 0.29) is 11.3 Å². The number of hydrogen-bond donors (Lipinski definition) is 2. The molecule has 3 atom stereocenters. The van der Waals surface area contributed by atoms with Crippen LogP contribution >= 0.6 is 0 Å².